The first-order chi connectivity index (χ1) is 12.6. The fourth-order valence-electron chi connectivity index (χ4n) is 2.74. The molecule has 0 bridgehead atoms. The van der Waals surface area contributed by atoms with Crippen molar-refractivity contribution in [3.05, 3.63) is 107 Å². The van der Waals surface area contributed by atoms with Crippen LogP contribution in [-0.4, -0.2) is 5.17 Å². The highest BCUT2D eigenvalue weighted by Crippen LogP contribution is 2.36. The summed E-state index contributed by atoms with van der Waals surface area (Å²) >= 11 is 7.61. The second kappa shape index (κ2) is 8.93. The minimum Gasteiger partial charge on any atom is -0.378 e. The predicted molar refractivity (Wildman–Crippen MR) is 114 cm³/mol. The molecule has 26 heavy (non-hydrogen) atoms. The van der Waals surface area contributed by atoms with E-state index in [0.29, 0.717) is 5.17 Å². The van der Waals surface area contributed by atoms with Gasteiger partial charge in [0.15, 0.2) is 5.17 Å². The lowest BCUT2D eigenvalue weighted by Crippen LogP contribution is -2.12. The second-order valence-corrected chi connectivity index (χ2v) is 7.58. The standard InChI is InChI=1S/C22H21ClN2S/c1-16(17-8-4-2-5-9-17)25-22(24)26-21(18-10-6-3-7-11-18)19-12-14-20(23)15-13-19/h2-16,21H,1H3,(H2,24,25)/t16-,21-/m1/s1. The van der Waals surface area contributed by atoms with Crippen LogP contribution in [0.2, 0.25) is 5.02 Å². The first kappa shape index (κ1) is 18.6. The zero-order valence-electron chi connectivity index (χ0n) is 14.5. The second-order valence-electron chi connectivity index (χ2n) is 6.01. The highest BCUT2D eigenvalue weighted by atomic mass is 35.5. The minimum atomic E-state index is 0.0188. The predicted octanol–water partition coefficient (Wildman–Crippen LogP) is 6.24. The smallest absolute Gasteiger partial charge is 0.155 e. The lowest BCUT2D eigenvalue weighted by atomic mass is 10.0. The molecule has 2 N–H and O–H groups in total. The van der Waals surface area contributed by atoms with E-state index >= 15 is 0 Å². The minimum absolute atomic E-state index is 0.0188. The fourth-order valence-corrected chi connectivity index (χ4v) is 3.91. The van der Waals surface area contributed by atoms with Gasteiger partial charge in [0.25, 0.3) is 0 Å². The molecule has 132 valence electrons. The first-order valence-corrected chi connectivity index (χ1v) is 9.74. The number of hydrogen-bond donors (Lipinski definition) is 1. The molecule has 0 radical (unpaired) electrons. The number of aliphatic imine (C=N–C) groups is 1. The molecule has 4 heteroatoms. The van der Waals surface area contributed by atoms with Gasteiger partial charge in [0, 0.05) is 5.02 Å². The fraction of sp³-hybridized carbons (Fsp3) is 0.136. The van der Waals surface area contributed by atoms with E-state index in [1.54, 1.807) is 11.8 Å². The molecule has 0 heterocycles. The Morgan fingerprint density at radius 1 is 0.808 bits per heavy atom. The molecule has 0 aromatic heterocycles. The Balaban J connectivity index is 1.85. The van der Waals surface area contributed by atoms with E-state index in [4.69, 9.17) is 17.3 Å². The first-order valence-electron chi connectivity index (χ1n) is 8.49. The summed E-state index contributed by atoms with van der Waals surface area (Å²) in [6.07, 6.45) is 0. The Kier molecular flexibility index (Phi) is 6.37. The van der Waals surface area contributed by atoms with Gasteiger partial charge in [-0.15, -0.1) is 0 Å². The largest absolute Gasteiger partial charge is 0.378 e. The van der Waals surface area contributed by atoms with Crippen molar-refractivity contribution in [2.24, 2.45) is 10.7 Å². The van der Waals surface area contributed by atoms with Crippen LogP contribution in [0.1, 0.15) is 34.9 Å². The lowest BCUT2D eigenvalue weighted by molar-refractivity contribution is 0.822. The molecule has 0 amide bonds. The van der Waals surface area contributed by atoms with E-state index in [1.165, 1.54) is 5.56 Å². The Labute approximate surface area is 164 Å². The molecule has 3 aromatic rings. The molecule has 0 aliphatic rings. The van der Waals surface area contributed by atoms with Gasteiger partial charge in [0.05, 0.1) is 11.3 Å². The molecule has 2 atom stereocenters. The number of nitrogens with zero attached hydrogens (tertiary/aromatic N) is 1. The number of rotatable bonds is 5. The summed E-state index contributed by atoms with van der Waals surface area (Å²) in [5.41, 5.74) is 9.79. The van der Waals surface area contributed by atoms with Gasteiger partial charge in [-0.3, -0.25) is 4.99 Å². The van der Waals surface area contributed by atoms with Crippen molar-refractivity contribution < 1.29 is 0 Å². The number of amidine groups is 1. The van der Waals surface area contributed by atoms with Crippen molar-refractivity contribution in [2.45, 2.75) is 18.2 Å². The molecule has 3 rings (SSSR count). The Morgan fingerprint density at radius 3 is 1.88 bits per heavy atom. The number of thioether (sulfide) groups is 1. The summed E-state index contributed by atoms with van der Waals surface area (Å²) in [7, 11) is 0. The molecule has 0 saturated heterocycles. The highest BCUT2D eigenvalue weighted by molar-refractivity contribution is 8.14. The van der Waals surface area contributed by atoms with Gasteiger partial charge in [0.1, 0.15) is 0 Å². The van der Waals surface area contributed by atoms with Crippen LogP contribution in [0.25, 0.3) is 0 Å². The third-order valence-corrected chi connectivity index (χ3v) is 5.50. The Bertz CT molecular complexity index is 848. The lowest BCUT2D eigenvalue weighted by Gasteiger charge is -2.18. The number of hydrogen-bond acceptors (Lipinski definition) is 2. The summed E-state index contributed by atoms with van der Waals surface area (Å²) in [4.78, 5) is 4.69. The summed E-state index contributed by atoms with van der Waals surface area (Å²) in [6.45, 7) is 2.06. The Morgan fingerprint density at radius 2 is 1.31 bits per heavy atom. The number of benzene rings is 3. The van der Waals surface area contributed by atoms with Crippen molar-refractivity contribution >= 4 is 28.5 Å². The van der Waals surface area contributed by atoms with Gasteiger partial charge < -0.3 is 5.73 Å². The van der Waals surface area contributed by atoms with Crippen molar-refractivity contribution in [1.82, 2.24) is 0 Å². The van der Waals surface area contributed by atoms with E-state index in [1.807, 2.05) is 60.7 Å². The molecule has 2 nitrogen and oxygen atoms in total. The maximum Gasteiger partial charge on any atom is 0.155 e. The maximum absolute atomic E-state index is 6.30. The van der Waals surface area contributed by atoms with Crippen LogP contribution in [-0.2, 0) is 0 Å². The number of halogens is 1. The molecule has 0 aliphatic heterocycles. The molecule has 0 unspecified atom stereocenters. The van der Waals surface area contributed by atoms with Gasteiger partial charge >= 0.3 is 0 Å². The van der Waals surface area contributed by atoms with Crippen LogP contribution in [0.4, 0.5) is 0 Å². The molecular formula is C22H21ClN2S. The van der Waals surface area contributed by atoms with Crippen LogP contribution in [0.3, 0.4) is 0 Å². The maximum atomic E-state index is 6.30. The van der Waals surface area contributed by atoms with Gasteiger partial charge in [-0.25, -0.2) is 0 Å². The molecule has 0 spiro atoms. The average molecular weight is 381 g/mol. The van der Waals surface area contributed by atoms with Crippen molar-refractivity contribution in [3.63, 3.8) is 0 Å². The molecule has 0 fully saturated rings. The van der Waals surface area contributed by atoms with Gasteiger partial charge in [-0.05, 0) is 35.7 Å². The van der Waals surface area contributed by atoms with Crippen molar-refractivity contribution in [3.8, 4) is 0 Å². The van der Waals surface area contributed by atoms with Crippen LogP contribution in [0.5, 0.6) is 0 Å². The highest BCUT2D eigenvalue weighted by Gasteiger charge is 2.17. The summed E-state index contributed by atoms with van der Waals surface area (Å²) in [5.74, 6) is 0. The quantitative estimate of drug-likeness (QED) is 0.420. The summed E-state index contributed by atoms with van der Waals surface area (Å²) in [6, 6.07) is 28.4. The van der Waals surface area contributed by atoms with Crippen LogP contribution < -0.4 is 5.73 Å². The van der Waals surface area contributed by atoms with Gasteiger partial charge in [-0.2, -0.15) is 0 Å². The van der Waals surface area contributed by atoms with Crippen LogP contribution in [0.15, 0.2) is 89.9 Å². The van der Waals surface area contributed by atoms with Crippen LogP contribution in [0, 0.1) is 0 Å². The molecule has 0 aliphatic carbocycles. The van der Waals surface area contributed by atoms with Crippen molar-refractivity contribution in [1.29, 1.82) is 0 Å². The van der Waals surface area contributed by atoms with Gasteiger partial charge in [-0.1, -0.05) is 96.2 Å². The van der Waals surface area contributed by atoms with Gasteiger partial charge in [0.2, 0.25) is 0 Å². The topological polar surface area (TPSA) is 38.4 Å². The Hall–Kier alpha value is -2.23. The molecule has 3 aromatic carbocycles. The zero-order chi connectivity index (χ0) is 18.4. The normalized spacial score (nSPS) is 14.0. The van der Waals surface area contributed by atoms with E-state index < -0.39 is 0 Å². The van der Waals surface area contributed by atoms with Crippen LogP contribution >= 0.6 is 23.4 Å². The van der Waals surface area contributed by atoms with E-state index in [2.05, 4.69) is 36.2 Å². The van der Waals surface area contributed by atoms with E-state index in [9.17, 15) is 0 Å². The molecule has 0 saturated carbocycles. The average Bonchev–Trinajstić information content (AvgIpc) is 2.68. The molecular weight excluding hydrogens is 360 g/mol. The third kappa shape index (κ3) is 4.90. The monoisotopic (exact) mass is 380 g/mol. The zero-order valence-corrected chi connectivity index (χ0v) is 16.1. The summed E-state index contributed by atoms with van der Waals surface area (Å²) in [5, 5.41) is 1.37. The van der Waals surface area contributed by atoms with E-state index in [-0.39, 0.29) is 11.3 Å². The number of nitrogens with two attached hydrogens (primary N) is 1. The SMILES string of the molecule is C[C@@H](N=C(N)S[C@H](c1ccccc1)c1ccc(Cl)cc1)c1ccccc1. The van der Waals surface area contributed by atoms with Crippen molar-refractivity contribution in [2.75, 3.05) is 0 Å². The summed E-state index contributed by atoms with van der Waals surface area (Å²) < 4.78 is 0. The van der Waals surface area contributed by atoms with E-state index in [0.717, 1.165) is 16.1 Å². The third-order valence-electron chi connectivity index (χ3n) is 4.12.